The van der Waals surface area contributed by atoms with Crippen molar-refractivity contribution in [3.63, 3.8) is 0 Å². The zero-order valence-electron chi connectivity index (χ0n) is 11.7. The molecule has 7 heteroatoms. The maximum Gasteiger partial charge on any atom is 0.250 e. The van der Waals surface area contributed by atoms with Crippen LogP contribution in [0.4, 0.5) is 0 Å². The molecule has 0 unspecified atom stereocenters. The lowest BCUT2D eigenvalue weighted by molar-refractivity contribution is 0.320. The lowest BCUT2D eigenvalue weighted by atomic mass is 10.1. The Balaban J connectivity index is 1.89. The number of benzene rings is 1. The van der Waals surface area contributed by atoms with E-state index in [2.05, 4.69) is 4.72 Å². The predicted octanol–water partition coefficient (Wildman–Crippen LogP) is 3.38. The highest BCUT2D eigenvalue weighted by Gasteiger charge is 2.15. The van der Waals surface area contributed by atoms with Gasteiger partial charge in [-0.2, -0.15) is 0 Å². The van der Waals surface area contributed by atoms with Crippen molar-refractivity contribution in [2.24, 2.45) is 0 Å². The summed E-state index contributed by atoms with van der Waals surface area (Å²) in [7, 11) is -3.51. The van der Waals surface area contributed by atoms with Gasteiger partial charge < -0.3 is 4.74 Å². The largest absolute Gasteiger partial charge is 0.492 e. The van der Waals surface area contributed by atoms with Gasteiger partial charge in [0.25, 0.3) is 0 Å². The highest BCUT2D eigenvalue weighted by Crippen LogP contribution is 2.25. The molecule has 0 bridgehead atoms. The van der Waals surface area contributed by atoms with E-state index in [1.165, 1.54) is 6.07 Å². The van der Waals surface area contributed by atoms with E-state index in [0.717, 1.165) is 28.2 Å². The summed E-state index contributed by atoms with van der Waals surface area (Å²) in [6.45, 7) is 4.45. The van der Waals surface area contributed by atoms with Crippen LogP contribution in [0, 0.1) is 13.8 Å². The molecular weight excluding hydrogens is 330 g/mol. The smallest absolute Gasteiger partial charge is 0.250 e. The first-order valence-corrected chi connectivity index (χ1v) is 9.02. The van der Waals surface area contributed by atoms with Gasteiger partial charge in [-0.1, -0.05) is 23.7 Å². The molecule has 1 heterocycles. The van der Waals surface area contributed by atoms with Gasteiger partial charge in [-0.05, 0) is 43.2 Å². The second-order valence-electron chi connectivity index (χ2n) is 4.50. The summed E-state index contributed by atoms with van der Waals surface area (Å²) in [6.07, 6.45) is 0. The number of rotatable bonds is 6. The molecule has 21 heavy (non-hydrogen) atoms. The van der Waals surface area contributed by atoms with E-state index in [-0.39, 0.29) is 17.4 Å². The molecule has 2 rings (SSSR count). The Hall–Kier alpha value is -1.08. The monoisotopic (exact) mass is 345 g/mol. The van der Waals surface area contributed by atoms with Crippen molar-refractivity contribution >= 4 is 33.0 Å². The fourth-order valence-electron chi connectivity index (χ4n) is 1.73. The van der Waals surface area contributed by atoms with Crippen molar-refractivity contribution in [1.29, 1.82) is 0 Å². The van der Waals surface area contributed by atoms with E-state index in [4.69, 9.17) is 16.3 Å². The Bertz CT molecular complexity index is 726. The highest BCUT2D eigenvalue weighted by molar-refractivity contribution is 7.91. The van der Waals surface area contributed by atoms with Crippen LogP contribution in [0.15, 0.2) is 34.5 Å². The van der Waals surface area contributed by atoms with Crippen LogP contribution in [0.25, 0.3) is 0 Å². The molecule has 0 aliphatic rings. The van der Waals surface area contributed by atoms with Crippen molar-refractivity contribution in [1.82, 2.24) is 4.72 Å². The number of hydrogen-bond acceptors (Lipinski definition) is 4. The molecule has 1 N–H and O–H groups in total. The molecule has 2 aromatic rings. The number of ether oxygens (including phenoxy) is 1. The Labute approximate surface area is 133 Å². The summed E-state index contributed by atoms with van der Waals surface area (Å²) >= 11 is 6.77. The second kappa shape index (κ2) is 6.79. The molecule has 4 nitrogen and oxygen atoms in total. The minimum absolute atomic E-state index is 0.200. The molecule has 1 aromatic carbocycles. The van der Waals surface area contributed by atoms with Crippen molar-refractivity contribution in [2.45, 2.75) is 18.1 Å². The van der Waals surface area contributed by atoms with Gasteiger partial charge in [0.15, 0.2) is 0 Å². The minimum atomic E-state index is -3.51. The molecule has 0 radical (unpaired) electrons. The van der Waals surface area contributed by atoms with Crippen molar-refractivity contribution in [3.05, 3.63) is 45.8 Å². The lowest BCUT2D eigenvalue weighted by Crippen LogP contribution is -2.27. The zero-order chi connectivity index (χ0) is 15.5. The first-order chi connectivity index (χ1) is 9.90. The molecule has 114 valence electrons. The fraction of sp³-hybridized carbons (Fsp3) is 0.286. The van der Waals surface area contributed by atoms with Gasteiger partial charge in [0.05, 0.1) is 4.34 Å². The lowest BCUT2D eigenvalue weighted by Gasteiger charge is -2.11. The fourth-order valence-corrected chi connectivity index (χ4v) is 4.27. The van der Waals surface area contributed by atoms with Gasteiger partial charge in [-0.15, -0.1) is 11.3 Å². The standard InChI is InChI=1S/C14H16ClNO3S2/c1-10-4-3-5-12(11(10)2)19-9-8-16-21(17,18)14-7-6-13(15)20-14/h3-7,16H,8-9H2,1-2H3. The average molecular weight is 346 g/mol. The van der Waals surface area contributed by atoms with E-state index in [0.29, 0.717) is 4.34 Å². The Morgan fingerprint density at radius 2 is 2.00 bits per heavy atom. The third-order valence-electron chi connectivity index (χ3n) is 3.02. The van der Waals surface area contributed by atoms with Gasteiger partial charge >= 0.3 is 0 Å². The second-order valence-corrected chi connectivity index (χ2v) is 8.21. The summed E-state index contributed by atoms with van der Waals surface area (Å²) in [4.78, 5) is 0. The van der Waals surface area contributed by atoms with E-state index >= 15 is 0 Å². The maximum atomic E-state index is 12.0. The number of sulfonamides is 1. The molecule has 0 amide bonds. The van der Waals surface area contributed by atoms with Crippen molar-refractivity contribution < 1.29 is 13.2 Å². The first-order valence-electron chi connectivity index (χ1n) is 6.34. The number of nitrogens with one attached hydrogen (secondary N) is 1. The minimum Gasteiger partial charge on any atom is -0.492 e. The summed E-state index contributed by atoms with van der Waals surface area (Å²) in [5.74, 6) is 0.772. The average Bonchev–Trinajstić information content (AvgIpc) is 2.87. The number of hydrogen-bond donors (Lipinski definition) is 1. The van der Waals surface area contributed by atoms with Gasteiger partial charge in [0.1, 0.15) is 16.6 Å². The number of halogens is 1. The topological polar surface area (TPSA) is 55.4 Å². The van der Waals surface area contributed by atoms with E-state index in [9.17, 15) is 8.42 Å². The van der Waals surface area contributed by atoms with Gasteiger partial charge in [0, 0.05) is 6.54 Å². The quantitative estimate of drug-likeness (QED) is 0.816. The van der Waals surface area contributed by atoms with E-state index in [1.807, 2.05) is 32.0 Å². The van der Waals surface area contributed by atoms with Crippen LogP contribution < -0.4 is 9.46 Å². The zero-order valence-corrected chi connectivity index (χ0v) is 14.1. The Kier molecular flexibility index (Phi) is 5.27. The predicted molar refractivity (Wildman–Crippen MR) is 85.9 cm³/mol. The van der Waals surface area contributed by atoms with Crippen LogP contribution in [0.5, 0.6) is 5.75 Å². The summed E-state index contributed by atoms with van der Waals surface area (Å²) < 4.78 is 32.7. The SMILES string of the molecule is Cc1cccc(OCCNS(=O)(=O)c2ccc(Cl)s2)c1C. The van der Waals surface area contributed by atoms with Gasteiger partial charge in [-0.3, -0.25) is 0 Å². The van der Waals surface area contributed by atoms with Crippen molar-refractivity contribution in [3.8, 4) is 5.75 Å². The third kappa shape index (κ3) is 4.20. The maximum absolute atomic E-state index is 12.0. The van der Waals surface area contributed by atoms with E-state index in [1.54, 1.807) is 6.07 Å². The highest BCUT2D eigenvalue weighted by atomic mass is 35.5. The molecular formula is C14H16ClNO3S2. The van der Waals surface area contributed by atoms with E-state index < -0.39 is 10.0 Å². The van der Waals surface area contributed by atoms with Crippen LogP contribution >= 0.6 is 22.9 Å². The molecule has 0 saturated carbocycles. The molecule has 0 atom stereocenters. The van der Waals surface area contributed by atoms with Gasteiger partial charge in [0.2, 0.25) is 10.0 Å². The molecule has 0 fully saturated rings. The third-order valence-corrected chi connectivity index (χ3v) is 6.20. The molecule has 0 spiro atoms. The Morgan fingerprint density at radius 3 is 2.67 bits per heavy atom. The molecule has 1 aromatic heterocycles. The van der Waals surface area contributed by atoms with Crippen LogP contribution in [0.1, 0.15) is 11.1 Å². The number of aryl methyl sites for hydroxylation is 1. The van der Waals surface area contributed by atoms with Gasteiger partial charge in [-0.25, -0.2) is 13.1 Å². The van der Waals surface area contributed by atoms with Crippen LogP contribution in [-0.2, 0) is 10.0 Å². The van der Waals surface area contributed by atoms with Crippen LogP contribution in [-0.4, -0.2) is 21.6 Å². The van der Waals surface area contributed by atoms with Crippen LogP contribution in [0.2, 0.25) is 4.34 Å². The molecule has 0 saturated heterocycles. The first kappa shape index (κ1) is 16.3. The number of thiophene rings is 1. The molecule has 0 aliphatic heterocycles. The summed E-state index contributed by atoms with van der Waals surface area (Å²) in [5, 5.41) is 0. The van der Waals surface area contributed by atoms with Crippen LogP contribution in [0.3, 0.4) is 0 Å². The Morgan fingerprint density at radius 1 is 1.24 bits per heavy atom. The summed E-state index contributed by atoms with van der Waals surface area (Å²) in [5.41, 5.74) is 2.20. The summed E-state index contributed by atoms with van der Waals surface area (Å²) in [6, 6.07) is 8.84. The van der Waals surface area contributed by atoms with Crippen molar-refractivity contribution in [2.75, 3.05) is 13.2 Å². The normalized spacial score (nSPS) is 11.6. The molecule has 0 aliphatic carbocycles.